The van der Waals surface area contributed by atoms with E-state index in [9.17, 15) is 9.59 Å². The van der Waals surface area contributed by atoms with Crippen molar-refractivity contribution >= 4 is 41.9 Å². The molecule has 1 aliphatic heterocycles. The van der Waals surface area contributed by atoms with E-state index in [1.165, 1.54) is 0 Å². The second-order valence-electron chi connectivity index (χ2n) is 7.94. The molecule has 1 saturated heterocycles. The molecule has 0 bridgehead atoms. The summed E-state index contributed by atoms with van der Waals surface area (Å²) in [6, 6.07) is 9.14. The first-order valence-electron chi connectivity index (χ1n) is 10.1. The van der Waals surface area contributed by atoms with Crippen molar-refractivity contribution in [2.24, 2.45) is 4.99 Å². The molecule has 1 fully saturated rings. The highest BCUT2D eigenvalue weighted by atomic mass is 127. The summed E-state index contributed by atoms with van der Waals surface area (Å²) in [4.78, 5) is 30.8. The van der Waals surface area contributed by atoms with Gasteiger partial charge in [0.1, 0.15) is 5.60 Å². The number of benzene rings is 1. The van der Waals surface area contributed by atoms with Crippen molar-refractivity contribution in [2.75, 3.05) is 32.7 Å². The molecule has 30 heavy (non-hydrogen) atoms. The number of hydrogen-bond donors (Lipinski definition) is 3. The van der Waals surface area contributed by atoms with Crippen LogP contribution in [-0.2, 0) is 4.74 Å². The van der Waals surface area contributed by atoms with E-state index in [4.69, 9.17) is 4.74 Å². The lowest BCUT2D eigenvalue weighted by atomic mass is 10.2. The van der Waals surface area contributed by atoms with Gasteiger partial charge in [-0.2, -0.15) is 0 Å². The van der Waals surface area contributed by atoms with E-state index in [2.05, 4.69) is 25.8 Å². The Morgan fingerprint density at radius 1 is 1.20 bits per heavy atom. The molecule has 1 aliphatic rings. The van der Waals surface area contributed by atoms with Crippen LogP contribution in [0.3, 0.4) is 0 Å². The third-order valence-electron chi connectivity index (χ3n) is 4.24. The van der Waals surface area contributed by atoms with Crippen LogP contribution < -0.4 is 16.0 Å². The second-order valence-corrected chi connectivity index (χ2v) is 7.94. The maximum atomic E-state index is 12.1. The largest absolute Gasteiger partial charge is 0.444 e. The number of nitrogens with zero attached hydrogens (tertiary/aromatic N) is 2. The van der Waals surface area contributed by atoms with Gasteiger partial charge in [-0.05, 0) is 46.2 Å². The molecule has 168 valence electrons. The SMILES string of the molecule is CCNC(=NCCNC(=O)c1ccccc1)N1CCC(NC(=O)OC(C)(C)C)C1.I. The third-order valence-corrected chi connectivity index (χ3v) is 4.24. The Morgan fingerprint density at radius 2 is 1.90 bits per heavy atom. The number of amides is 2. The van der Waals surface area contributed by atoms with Gasteiger partial charge >= 0.3 is 6.09 Å². The summed E-state index contributed by atoms with van der Waals surface area (Å²) in [7, 11) is 0. The summed E-state index contributed by atoms with van der Waals surface area (Å²) in [5.41, 5.74) is 0.127. The minimum atomic E-state index is -0.511. The molecule has 0 aromatic heterocycles. The number of carbonyl (C=O) groups is 2. The molecule has 0 radical (unpaired) electrons. The zero-order chi connectivity index (χ0) is 21.3. The van der Waals surface area contributed by atoms with E-state index >= 15 is 0 Å². The standard InChI is InChI=1S/C21H33N5O3.HI/c1-5-22-19(24-13-12-23-18(27)16-9-7-6-8-10-16)26-14-11-17(15-26)25-20(28)29-21(2,3)4;/h6-10,17H,5,11-15H2,1-4H3,(H,22,24)(H,23,27)(H,25,28);1H. The van der Waals surface area contributed by atoms with Crippen molar-refractivity contribution in [3.8, 4) is 0 Å². The van der Waals surface area contributed by atoms with Crippen LogP contribution in [0.4, 0.5) is 4.79 Å². The van der Waals surface area contributed by atoms with Gasteiger partial charge in [0.2, 0.25) is 0 Å². The number of carbonyl (C=O) groups excluding carboxylic acids is 2. The molecule has 2 rings (SSSR count). The number of likely N-dealkylation sites (tertiary alicyclic amines) is 1. The molecule has 1 aromatic rings. The van der Waals surface area contributed by atoms with Gasteiger partial charge in [0.25, 0.3) is 5.91 Å². The number of halogens is 1. The Labute approximate surface area is 196 Å². The maximum Gasteiger partial charge on any atom is 0.407 e. The van der Waals surface area contributed by atoms with Gasteiger partial charge in [-0.3, -0.25) is 9.79 Å². The first kappa shape index (κ1) is 26.0. The fourth-order valence-electron chi connectivity index (χ4n) is 2.99. The lowest BCUT2D eigenvalue weighted by Crippen LogP contribution is -2.44. The van der Waals surface area contributed by atoms with Gasteiger partial charge in [0, 0.05) is 31.7 Å². The van der Waals surface area contributed by atoms with E-state index in [0.29, 0.717) is 25.2 Å². The summed E-state index contributed by atoms with van der Waals surface area (Å²) in [5.74, 6) is 0.684. The first-order chi connectivity index (χ1) is 13.8. The first-order valence-corrected chi connectivity index (χ1v) is 10.1. The number of rotatable bonds is 6. The number of alkyl carbamates (subject to hydrolysis) is 1. The van der Waals surface area contributed by atoms with Crippen molar-refractivity contribution in [1.82, 2.24) is 20.9 Å². The molecule has 9 heteroatoms. The van der Waals surface area contributed by atoms with Crippen molar-refractivity contribution in [3.63, 3.8) is 0 Å². The molecule has 8 nitrogen and oxygen atoms in total. The van der Waals surface area contributed by atoms with Crippen LogP contribution in [0.2, 0.25) is 0 Å². The van der Waals surface area contributed by atoms with E-state index < -0.39 is 11.7 Å². The minimum absolute atomic E-state index is 0. The molecule has 1 aromatic carbocycles. The van der Waals surface area contributed by atoms with Crippen LogP contribution in [0.15, 0.2) is 35.3 Å². The van der Waals surface area contributed by atoms with Gasteiger partial charge in [-0.25, -0.2) is 4.79 Å². The predicted molar refractivity (Wildman–Crippen MR) is 130 cm³/mol. The lowest BCUT2D eigenvalue weighted by Gasteiger charge is -2.23. The quantitative estimate of drug-likeness (QED) is 0.227. The summed E-state index contributed by atoms with van der Waals surface area (Å²) < 4.78 is 5.33. The monoisotopic (exact) mass is 531 g/mol. The summed E-state index contributed by atoms with van der Waals surface area (Å²) in [6.45, 7) is 10.7. The van der Waals surface area contributed by atoms with Gasteiger partial charge in [0.05, 0.1) is 12.6 Å². The number of nitrogens with one attached hydrogen (secondary N) is 3. The average Bonchev–Trinajstić information content (AvgIpc) is 3.11. The van der Waals surface area contributed by atoms with Crippen LogP contribution in [-0.4, -0.2) is 67.2 Å². The third kappa shape index (κ3) is 9.19. The topological polar surface area (TPSA) is 95.1 Å². The van der Waals surface area contributed by atoms with E-state index in [1.807, 2.05) is 45.9 Å². The molecule has 2 amide bonds. The Morgan fingerprint density at radius 3 is 2.53 bits per heavy atom. The second kappa shape index (κ2) is 12.6. The highest BCUT2D eigenvalue weighted by molar-refractivity contribution is 14.0. The highest BCUT2D eigenvalue weighted by Gasteiger charge is 2.27. The summed E-state index contributed by atoms with van der Waals surface area (Å²) in [6.07, 6.45) is 0.434. The molecule has 0 spiro atoms. The van der Waals surface area contributed by atoms with E-state index in [0.717, 1.165) is 25.5 Å². The Kier molecular flexibility index (Phi) is 10.9. The fraction of sp³-hybridized carbons (Fsp3) is 0.571. The summed E-state index contributed by atoms with van der Waals surface area (Å²) >= 11 is 0. The van der Waals surface area contributed by atoms with Crippen LogP contribution in [0, 0.1) is 0 Å². The highest BCUT2D eigenvalue weighted by Crippen LogP contribution is 2.12. The van der Waals surface area contributed by atoms with Gasteiger partial charge < -0.3 is 25.6 Å². The zero-order valence-corrected chi connectivity index (χ0v) is 20.6. The number of aliphatic imine (C=N–C) groups is 1. The molecular weight excluding hydrogens is 497 g/mol. The van der Waals surface area contributed by atoms with E-state index in [-0.39, 0.29) is 35.9 Å². The minimum Gasteiger partial charge on any atom is -0.444 e. The number of ether oxygens (including phenoxy) is 1. The van der Waals surface area contributed by atoms with Gasteiger partial charge in [-0.1, -0.05) is 18.2 Å². The molecule has 0 saturated carbocycles. The van der Waals surface area contributed by atoms with Crippen molar-refractivity contribution < 1.29 is 14.3 Å². The predicted octanol–water partition coefficient (Wildman–Crippen LogP) is 2.60. The number of hydrogen-bond acceptors (Lipinski definition) is 4. The molecule has 3 N–H and O–H groups in total. The Hall–Kier alpha value is -2.04. The van der Waals surface area contributed by atoms with Crippen LogP contribution in [0.1, 0.15) is 44.5 Å². The smallest absolute Gasteiger partial charge is 0.407 e. The maximum absolute atomic E-state index is 12.1. The molecule has 1 unspecified atom stereocenters. The average molecular weight is 531 g/mol. The molecule has 1 atom stereocenters. The summed E-state index contributed by atoms with van der Waals surface area (Å²) in [5, 5.41) is 9.07. The van der Waals surface area contributed by atoms with E-state index in [1.54, 1.807) is 12.1 Å². The van der Waals surface area contributed by atoms with Crippen LogP contribution in [0.5, 0.6) is 0 Å². The van der Waals surface area contributed by atoms with Gasteiger partial charge in [-0.15, -0.1) is 24.0 Å². The van der Waals surface area contributed by atoms with Gasteiger partial charge in [0.15, 0.2) is 5.96 Å². The van der Waals surface area contributed by atoms with Crippen LogP contribution >= 0.6 is 24.0 Å². The molecule has 1 heterocycles. The molecule has 0 aliphatic carbocycles. The molecular formula is C21H34IN5O3. The Bertz CT molecular complexity index is 706. The van der Waals surface area contributed by atoms with Crippen molar-refractivity contribution in [3.05, 3.63) is 35.9 Å². The van der Waals surface area contributed by atoms with Crippen molar-refractivity contribution in [1.29, 1.82) is 0 Å². The fourth-order valence-corrected chi connectivity index (χ4v) is 2.99. The lowest BCUT2D eigenvalue weighted by molar-refractivity contribution is 0.0507. The van der Waals surface area contributed by atoms with Crippen molar-refractivity contribution in [2.45, 2.75) is 45.8 Å². The Balaban J connectivity index is 0.00000450. The normalized spacial score (nSPS) is 16.5. The number of guanidine groups is 1. The van der Waals surface area contributed by atoms with Crippen LogP contribution in [0.25, 0.3) is 0 Å². The zero-order valence-electron chi connectivity index (χ0n) is 18.2.